The molecule has 4 nitrogen and oxygen atoms in total. The van der Waals surface area contributed by atoms with Gasteiger partial charge in [-0.25, -0.2) is 14.6 Å². The van der Waals surface area contributed by atoms with E-state index in [1.54, 1.807) is 0 Å². The summed E-state index contributed by atoms with van der Waals surface area (Å²) in [5, 5.41) is 0.939. The molecule has 0 heterocycles. The number of hydrogen-bond acceptors (Lipinski definition) is 3. The fourth-order valence-electron chi connectivity index (χ4n) is 0.999. The lowest BCUT2D eigenvalue weighted by Crippen LogP contribution is -2.33. The number of benzene rings is 1. The topological polar surface area (TPSA) is 55.6 Å². The third-order valence-corrected chi connectivity index (χ3v) is 1.87. The van der Waals surface area contributed by atoms with Crippen molar-refractivity contribution >= 4 is 5.91 Å². The van der Waals surface area contributed by atoms with Gasteiger partial charge in [0.15, 0.2) is 11.6 Å². The van der Waals surface area contributed by atoms with E-state index in [9.17, 15) is 13.6 Å². The van der Waals surface area contributed by atoms with E-state index in [0.717, 1.165) is 17.1 Å². The quantitative estimate of drug-likeness (QED) is 0.478. The van der Waals surface area contributed by atoms with Crippen LogP contribution in [0.15, 0.2) is 18.2 Å². The summed E-state index contributed by atoms with van der Waals surface area (Å²) in [6, 6.07) is 3.17. The molecular formula is C10H12F2N2O2. The molecule has 88 valence electrons. The SMILES string of the molecule is CN(N)C(=O)CCOc1ccc(F)c(F)c1. The molecule has 1 amide bonds. The van der Waals surface area contributed by atoms with Gasteiger partial charge in [-0.3, -0.25) is 9.80 Å². The van der Waals surface area contributed by atoms with Crippen LogP contribution in [0.5, 0.6) is 5.75 Å². The Balaban J connectivity index is 2.43. The number of hydrogen-bond donors (Lipinski definition) is 1. The first-order valence-electron chi connectivity index (χ1n) is 4.60. The van der Waals surface area contributed by atoms with Crippen molar-refractivity contribution < 1.29 is 18.3 Å². The largest absolute Gasteiger partial charge is 0.493 e. The highest BCUT2D eigenvalue weighted by Crippen LogP contribution is 2.15. The molecule has 0 fully saturated rings. The third kappa shape index (κ3) is 3.47. The zero-order valence-electron chi connectivity index (χ0n) is 8.74. The Labute approximate surface area is 91.6 Å². The smallest absolute Gasteiger partial charge is 0.239 e. The van der Waals surface area contributed by atoms with E-state index in [4.69, 9.17) is 10.6 Å². The second kappa shape index (κ2) is 5.41. The molecule has 0 spiro atoms. The predicted molar refractivity (Wildman–Crippen MR) is 53.4 cm³/mol. The van der Waals surface area contributed by atoms with Crippen LogP contribution in [0.1, 0.15) is 6.42 Å². The monoisotopic (exact) mass is 230 g/mol. The Bertz CT molecular complexity index is 383. The van der Waals surface area contributed by atoms with Crippen molar-refractivity contribution in [3.63, 3.8) is 0 Å². The average molecular weight is 230 g/mol. The molecule has 0 saturated carbocycles. The molecule has 0 aliphatic rings. The Hall–Kier alpha value is -1.69. The van der Waals surface area contributed by atoms with Gasteiger partial charge in [0.1, 0.15) is 5.75 Å². The van der Waals surface area contributed by atoms with Crippen molar-refractivity contribution in [1.82, 2.24) is 5.01 Å². The summed E-state index contributed by atoms with van der Waals surface area (Å²) in [6.45, 7) is 0.0610. The van der Waals surface area contributed by atoms with E-state index >= 15 is 0 Å². The molecule has 0 aliphatic carbocycles. The van der Waals surface area contributed by atoms with Gasteiger partial charge in [-0.1, -0.05) is 0 Å². The highest BCUT2D eigenvalue weighted by Gasteiger charge is 2.06. The summed E-state index contributed by atoms with van der Waals surface area (Å²) in [5.41, 5.74) is 0. The zero-order chi connectivity index (χ0) is 12.1. The number of halogens is 2. The van der Waals surface area contributed by atoms with E-state index in [0.29, 0.717) is 0 Å². The molecule has 0 saturated heterocycles. The minimum Gasteiger partial charge on any atom is -0.493 e. The third-order valence-electron chi connectivity index (χ3n) is 1.87. The minimum absolute atomic E-state index is 0.0610. The van der Waals surface area contributed by atoms with Gasteiger partial charge in [0.05, 0.1) is 13.0 Å². The standard InChI is InChI=1S/C10H12F2N2O2/c1-14(13)10(15)4-5-16-7-2-3-8(11)9(12)6-7/h2-3,6H,4-5,13H2,1H3. The Morgan fingerprint density at radius 2 is 2.12 bits per heavy atom. The van der Waals surface area contributed by atoms with Gasteiger partial charge in [-0.15, -0.1) is 0 Å². The lowest BCUT2D eigenvalue weighted by atomic mass is 10.3. The molecular weight excluding hydrogens is 218 g/mol. The summed E-state index contributed by atoms with van der Waals surface area (Å²) in [5.74, 6) is 3.12. The lowest BCUT2D eigenvalue weighted by molar-refractivity contribution is -0.130. The number of nitrogens with two attached hydrogens (primary N) is 1. The van der Waals surface area contributed by atoms with Crippen LogP contribution >= 0.6 is 0 Å². The molecule has 0 atom stereocenters. The van der Waals surface area contributed by atoms with Crippen molar-refractivity contribution in [2.24, 2.45) is 5.84 Å². The second-order valence-electron chi connectivity index (χ2n) is 3.18. The molecule has 16 heavy (non-hydrogen) atoms. The molecule has 0 bridgehead atoms. The zero-order valence-corrected chi connectivity index (χ0v) is 8.74. The maximum absolute atomic E-state index is 12.7. The molecule has 0 aliphatic heterocycles. The van der Waals surface area contributed by atoms with Crippen molar-refractivity contribution in [1.29, 1.82) is 0 Å². The second-order valence-corrected chi connectivity index (χ2v) is 3.18. The van der Waals surface area contributed by atoms with Crippen LogP contribution in [0.2, 0.25) is 0 Å². The van der Waals surface area contributed by atoms with E-state index < -0.39 is 11.6 Å². The van der Waals surface area contributed by atoms with Crippen LogP contribution < -0.4 is 10.6 Å². The molecule has 1 aromatic rings. The minimum atomic E-state index is -0.986. The molecule has 1 rings (SSSR count). The van der Waals surface area contributed by atoms with Gasteiger partial charge in [-0.05, 0) is 12.1 Å². The normalized spacial score (nSPS) is 10.0. The Kier molecular flexibility index (Phi) is 4.19. The van der Waals surface area contributed by atoms with Crippen LogP contribution in [0.3, 0.4) is 0 Å². The maximum atomic E-state index is 12.7. The number of carbonyl (C=O) groups excluding carboxylic acids is 1. The highest BCUT2D eigenvalue weighted by molar-refractivity contribution is 5.75. The van der Waals surface area contributed by atoms with Gasteiger partial charge >= 0.3 is 0 Å². The number of carbonyl (C=O) groups is 1. The van der Waals surface area contributed by atoms with E-state index in [1.165, 1.54) is 13.1 Å². The molecule has 0 aromatic heterocycles. The lowest BCUT2D eigenvalue weighted by Gasteiger charge is -2.10. The van der Waals surface area contributed by atoms with Crippen LogP contribution in [-0.2, 0) is 4.79 Å². The van der Waals surface area contributed by atoms with E-state index in [-0.39, 0.29) is 24.7 Å². The molecule has 0 radical (unpaired) electrons. The van der Waals surface area contributed by atoms with Crippen molar-refractivity contribution in [2.75, 3.05) is 13.7 Å². The van der Waals surface area contributed by atoms with Gasteiger partial charge in [0, 0.05) is 13.1 Å². The van der Waals surface area contributed by atoms with Crippen molar-refractivity contribution in [3.8, 4) is 5.75 Å². The summed E-state index contributed by atoms with van der Waals surface area (Å²) in [7, 11) is 1.42. The van der Waals surface area contributed by atoms with Crippen molar-refractivity contribution in [2.45, 2.75) is 6.42 Å². The predicted octanol–water partition coefficient (Wildman–Crippen LogP) is 1.07. The molecule has 6 heteroatoms. The fourth-order valence-corrected chi connectivity index (χ4v) is 0.999. The van der Waals surface area contributed by atoms with Crippen LogP contribution in [0.4, 0.5) is 8.78 Å². The summed E-state index contributed by atoms with van der Waals surface area (Å²) >= 11 is 0. The van der Waals surface area contributed by atoms with Gasteiger partial charge in [-0.2, -0.15) is 0 Å². The van der Waals surface area contributed by atoms with Crippen LogP contribution in [-0.4, -0.2) is 24.6 Å². The Morgan fingerprint density at radius 3 is 2.69 bits per heavy atom. The maximum Gasteiger partial charge on any atom is 0.239 e. The number of nitrogens with zero attached hydrogens (tertiary/aromatic N) is 1. The highest BCUT2D eigenvalue weighted by atomic mass is 19.2. The van der Waals surface area contributed by atoms with Crippen LogP contribution in [0.25, 0.3) is 0 Å². The molecule has 0 unspecified atom stereocenters. The van der Waals surface area contributed by atoms with E-state index in [1.807, 2.05) is 0 Å². The first kappa shape index (κ1) is 12.4. The van der Waals surface area contributed by atoms with Gasteiger partial charge in [0.25, 0.3) is 0 Å². The number of amides is 1. The number of rotatable bonds is 4. The van der Waals surface area contributed by atoms with Gasteiger partial charge < -0.3 is 4.74 Å². The number of ether oxygens (including phenoxy) is 1. The first-order valence-corrected chi connectivity index (χ1v) is 4.60. The molecule has 1 aromatic carbocycles. The fraction of sp³-hybridized carbons (Fsp3) is 0.300. The molecule has 2 N–H and O–H groups in total. The van der Waals surface area contributed by atoms with Crippen molar-refractivity contribution in [3.05, 3.63) is 29.8 Å². The van der Waals surface area contributed by atoms with Gasteiger partial charge in [0.2, 0.25) is 5.91 Å². The summed E-state index contributed by atoms with van der Waals surface area (Å²) in [4.78, 5) is 11.0. The average Bonchev–Trinajstić information content (AvgIpc) is 2.23. The first-order chi connectivity index (χ1) is 7.50. The van der Waals surface area contributed by atoms with Crippen LogP contribution in [0, 0.1) is 11.6 Å². The summed E-state index contributed by atoms with van der Waals surface area (Å²) < 4.78 is 30.3. The Morgan fingerprint density at radius 1 is 1.44 bits per heavy atom. The van der Waals surface area contributed by atoms with E-state index in [2.05, 4.69) is 0 Å². The number of hydrazine groups is 1. The summed E-state index contributed by atoms with van der Waals surface area (Å²) in [6.07, 6.45) is 0.0754.